The summed E-state index contributed by atoms with van der Waals surface area (Å²) >= 11 is 0. The maximum Gasteiger partial charge on any atom is 0.387 e. The van der Waals surface area contributed by atoms with Crippen molar-refractivity contribution < 1.29 is 36.6 Å². The lowest BCUT2D eigenvalue weighted by Gasteiger charge is -2.20. The summed E-state index contributed by atoms with van der Waals surface area (Å²) in [6, 6.07) is 10.3. The number of ether oxygens (including phenoxy) is 2. The molecule has 1 atom stereocenters. The number of nitrogens with one attached hydrogen (secondary N) is 1. The molecule has 1 N–H and O–H groups in total. The largest absolute Gasteiger partial charge is 0.619 e. The molecule has 0 saturated heterocycles. The van der Waals surface area contributed by atoms with E-state index in [0.717, 1.165) is 11.6 Å². The van der Waals surface area contributed by atoms with Crippen LogP contribution in [0.4, 0.5) is 23.4 Å². The molecule has 2 aromatic heterocycles. The van der Waals surface area contributed by atoms with Crippen LogP contribution in [-0.2, 0) is 11.2 Å². The standard InChI is InChI=1S/C22H19F4N3O4/c1-13(30)28-20-5-3-16(12-27-20)17(10-14-6-8-29(31)9-7-14)15-2-4-18(32-21(23)24)19(11-15)33-22(25)26/h2-9,11-12,17,21-22H,10H2,1H3,(H,27,28,30). The Bertz CT molecular complexity index is 1080. The molecule has 1 unspecified atom stereocenters. The van der Waals surface area contributed by atoms with Crippen LogP contribution in [0.25, 0.3) is 0 Å². The van der Waals surface area contributed by atoms with E-state index < -0.39 is 30.6 Å². The van der Waals surface area contributed by atoms with E-state index >= 15 is 0 Å². The average molecular weight is 465 g/mol. The molecule has 1 amide bonds. The molecule has 33 heavy (non-hydrogen) atoms. The molecular weight excluding hydrogens is 446 g/mol. The van der Waals surface area contributed by atoms with Crippen LogP contribution < -0.4 is 19.5 Å². The second-order valence-electron chi connectivity index (χ2n) is 6.94. The number of hydrogen-bond donors (Lipinski definition) is 1. The number of aromatic nitrogens is 2. The number of halogens is 4. The Labute approximate surface area is 186 Å². The topological polar surface area (TPSA) is 87.4 Å². The molecule has 3 rings (SSSR count). The summed E-state index contributed by atoms with van der Waals surface area (Å²) in [5.41, 5.74) is 1.86. The van der Waals surface area contributed by atoms with Crippen molar-refractivity contribution in [3.63, 3.8) is 0 Å². The van der Waals surface area contributed by atoms with Crippen molar-refractivity contribution >= 4 is 11.7 Å². The Morgan fingerprint density at radius 3 is 2.21 bits per heavy atom. The van der Waals surface area contributed by atoms with Gasteiger partial charge in [0.1, 0.15) is 5.82 Å². The second kappa shape index (κ2) is 10.6. The molecule has 174 valence electrons. The smallest absolute Gasteiger partial charge is 0.387 e. The minimum atomic E-state index is -3.25. The quantitative estimate of drug-likeness (QED) is 0.290. The van der Waals surface area contributed by atoms with Gasteiger partial charge < -0.3 is 20.0 Å². The van der Waals surface area contributed by atoms with Crippen LogP contribution in [0.3, 0.4) is 0 Å². The van der Waals surface area contributed by atoms with Crippen LogP contribution in [-0.4, -0.2) is 24.1 Å². The Kier molecular flexibility index (Phi) is 7.65. The van der Waals surface area contributed by atoms with Gasteiger partial charge in [0, 0.05) is 31.2 Å². The average Bonchev–Trinajstić information content (AvgIpc) is 2.74. The lowest BCUT2D eigenvalue weighted by Crippen LogP contribution is -2.24. The van der Waals surface area contributed by atoms with E-state index in [9.17, 15) is 27.6 Å². The van der Waals surface area contributed by atoms with Gasteiger partial charge >= 0.3 is 13.2 Å². The Morgan fingerprint density at radius 1 is 1.00 bits per heavy atom. The summed E-state index contributed by atoms with van der Waals surface area (Å²) in [6.07, 6.45) is 4.46. The lowest BCUT2D eigenvalue weighted by atomic mass is 9.87. The number of carbonyl (C=O) groups is 1. The molecular formula is C22H19F4N3O4. The molecule has 7 nitrogen and oxygen atoms in total. The zero-order valence-electron chi connectivity index (χ0n) is 17.3. The third-order valence-electron chi connectivity index (χ3n) is 4.61. The van der Waals surface area contributed by atoms with Crippen LogP contribution in [0.15, 0.2) is 61.1 Å². The van der Waals surface area contributed by atoms with Gasteiger partial charge in [-0.2, -0.15) is 22.3 Å². The summed E-state index contributed by atoms with van der Waals surface area (Å²) in [4.78, 5) is 15.4. The van der Waals surface area contributed by atoms with E-state index in [1.54, 1.807) is 24.3 Å². The molecule has 0 saturated carbocycles. The first-order valence-electron chi connectivity index (χ1n) is 9.66. The number of rotatable bonds is 9. The minimum absolute atomic E-state index is 0.301. The van der Waals surface area contributed by atoms with Crippen molar-refractivity contribution in [2.24, 2.45) is 0 Å². The highest BCUT2D eigenvalue weighted by Crippen LogP contribution is 2.36. The molecule has 0 aliphatic carbocycles. The van der Waals surface area contributed by atoms with E-state index in [1.807, 2.05) is 0 Å². The van der Waals surface area contributed by atoms with E-state index in [-0.39, 0.29) is 5.91 Å². The molecule has 3 aromatic rings. The van der Waals surface area contributed by atoms with Crippen molar-refractivity contribution in [3.05, 3.63) is 83.0 Å². The van der Waals surface area contributed by atoms with Gasteiger partial charge in [0.15, 0.2) is 23.9 Å². The molecule has 0 aliphatic heterocycles. The normalized spacial score (nSPS) is 12.0. The summed E-state index contributed by atoms with van der Waals surface area (Å²) in [5.74, 6) is -1.53. The molecule has 11 heteroatoms. The van der Waals surface area contributed by atoms with Crippen LogP contribution in [0.1, 0.15) is 29.5 Å². The number of benzene rings is 1. The number of amides is 1. The molecule has 0 radical (unpaired) electrons. The molecule has 2 heterocycles. The van der Waals surface area contributed by atoms with Crippen molar-refractivity contribution in [1.82, 2.24) is 4.98 Å². The fourth-order valence-corrected chi connectivity index (χ4v) is 3.23. The fourth-order valence-electron chi connectivity index (χ4n) is 3.23. The van der Waals surface area contributed by atoms with Crippen molar-refractivity contribution in [3.8, 4) is 11.5 Å². The molecule has 0 bridgehead atoms. The zero-order valence-corrected chi connectivity index (χ0v) is 17.3. The fraction of sp³-hybridized carbons (Fsp3) is 0.227. The van der Waals surface area contributed by atoms with Gasteiger partial charge in [0.05, 0.1) is 0 Å². The Balaban J connectivity index is 2.02. The van der Waals surface area contributed by atoms with Gasteiger partial charge in [-0.25, -0.2) is 4.98 Å². The highest BCUT2D eigenvalue weighted by Gasteiger charge is 2.21. The van der Waals surface area contributed by atoms with E-state index in [4.69, 9.17) is 0 Å². The second-order valence-corrected chi connectivity index (χ2v) is 6.94. The summed E-state index contributed by atoms with van der Waals surface area (Å²) < 4.78 is 60.4. The minimum Gasteiger partial charge on any atom is -0.619 e. The highest BCUT2D eigenvalue weighted by atomic mass is 19.3. The Morgan fingerprint density at radius 2 is 1.64 bits per heavy atom. The van der Waals surface area contributed by atoms with Gasteiger partial charge in [-0.05, 0) is 41.3 Å². The Hall–Kier alpha value is -3.89. The first-order chi connectivity index (χ1) is 15.7. The van der Waals surface area contributed by atoms with Crippen LogP contribution >= 0.6 is 0 Å². The van der Waals surface area contributed by atoms with Gasteiger partial charge in [-0.1, -0.05) is 12.1 Å². The summed E-state index contributed by atoms with van der Waals surface area (Å²) in [6.45, 7) is -5.14. The predicted octanol–water partition coefficient (Wildman–Crippen LogP) is 4.25. The number of pyridine rings is 2. The number of hydrogen-bond acceptors (Lipinski definition) is 5. The maximum atomic E-state index is 12.9. The van der Waals surface area contributed by atoms with Gasteiger partial charge in [-0.15, -0.1) is 0 Å². The number of nitrogens with zero attached hydrogens (tertiary/aromatic N) is 2. The first kappa shape index (κ1) is 23.8. The van der Waals surface area contributed by atoms with Gasteiger partial charge in [0.25, 0.3) is 0 Å². The van der Waals surface area contributed by atoms with E-state index in [0.29, 0.717) is 28.1 Å². The summed E-state index contributed by atoms with van der Waals surface area (Å²) in [7, 11) is 0. The van der Waals surface area contributed by atoms with Crippen molar-refractivity contribution in [2.75, 3.05) is 5.32 Å². The lowest BCUT2D eigenvalue weighted by molar-refractivity contribution is -0.605. The van der Waals surface area contributed by atoms with Crippen molar-refractivity contribution in [1.29, 1.82) is 0 Å². The monoisotopic (exact) mass is 465 g/mol. The molecule has 1 aromatic carbocycles. The third-order valence-corrected chi connectivity index (χ3v) is 4.61. The highest BCUT2D eigenvalue weighted by molar-refractivity contribution is 5.87. The summed E-state index contributed by atoms with van der Waals surface area (Å²) in [5, 5.41) is 13.9. The van der Waals surface area contributed by atoms with Crippen LogP contribution in [0, 0.1) is 5.21 Å². The van der Waals surface area contributed by atoms with Crippen LogP contribution in [0.5, 0.6) is 11.5 Å². The predicted molar refractivity (Wildman–Crippen MR) is 109 cm³/mol. The SMILES string of the molecule is CC(=O)Nc1ccc(C(Cc2cc[n+]([O-])cc2)c2ccc(OC(F)F)c(OC(F)F)c2)cn1. The third kappa shape index (κ3) is 6.79. The molecule has 0 fully saturated rings. The first-order valence-corrected chi connectivity index (χ1v) is 9.66. The number of carbonyl (C=O) groups excluding carboxylic acids is 1. The number of alkyl halides is 4. The van der Waals surface area contributed by atoms with Crippen LogP contribution in [0.2, 0.25) is 0 Å². The number of anilines is 1. The maximum absolute atomic E-state index is 12.9. The van der Waals surface area contributed by atoms with Gasteiger partial charge in [0.2, 0.25) is 5.91 Å². The van der Waals surface area contributed by atoms with E-state index in [1.165, 1.54) is 37.6 Å². The zero-order chi connectivity index (χ0) is 24.0. The molecule has 0 aliphatic rings. The molecule has 0 spiro atoms. The van der Waals surface area contributed by atoms with Crippen molar-refractivity contribution in [2.45, 2.75) is 32.5 Å². The van der Waals surface area contributed by atoms with E-state index in [2.05, 4.69) is 19.8 Å². The van der Waals surface area contributed by atoms with Gasteiger partial charge in [-0.3, -0.25) is 4.79 Å².